The fourth-order valence-corrected chi connectivity index (χ4v) is 3.51. The van der Waals surface area contributed by atoms with Crippen LogP contribution in [0.15, 0.2) is 41.3 Å². The average molecular weight is 381 g/mol. The maximum Gasteiger partial charge on any atom is 0.278 e. The Kier molecular flexibility index (Phi) is 5.48. The van der Waals surface area contributed by atoms with E-state index in [1.807, 2.05) is 18.2 Å². The maximum atomic E-state index is 5.50. The van der Waals surface area contributed by atoms with E-state index in [0.29, 0.717) is 11.6 Å². The topological polar surface area (TPSA) is 86.4 Å². The van der Waals surface area contributed by atoms with Crippen LogP contribution in [0.4, 0.5) is 0 Å². The summed E-state index contributed by atoms with van der Waals surface area (Å²) in [4.78, 5) is 15.2. The standard InChI is InChI=1S/C20H23N5O3/c1-26-16-3-4-18(27-2)15(11-16)13-25-9-5-14(6-10-25)19-23-20(28-24-19)17-12-21-7-8-22-17/h3-4,7-8,11-12,14H,5-6,9-10,13H2,1-2H3. The van der Waals surface area contributed by atoms with Gasteiger partial charge in [0.15, 0.2) is 5.82 Å². The smallest absolute Gasteiger partial charge is 0.278 e. The monoisotopic (exact) mass is 381 g/mol. The third-order valence-corrected chi connectivity index (χ3v) is 5.06. The minimum Gasteiger partial charge on any atom is -0.497 e. The molecule has 8 heteroatoms. The molecule has 0 saturated carbocycles. The van der Waals surface area contributed by atoms with E-state index < -0.39 is 0 Å². The van der Waals surface area contributed by atoms with Crippen LogP contribution in [-0.4, -0.2) is 52.3 Å². The van der Waals surface area contributed by atoms with Crippen LogP contribution in [0.25, 0.3) is 11.6 Å². The van der Waals surface area contributed by atoms with Gasteiger partial charge in [-0.05, 0) is 44.1 Å². The molecule has 4 rings (SSSR count). The lowest BCUT2D eigenvalue weighted by Gasteiger charge is -2.30. The van der Waals surface area contributed by atoms with Crippen LogP contribution in [0.2, 0.25) is 0 Å². The van der Waals surface area contributed by atoms with Gasteiger partial charge in [0.1, 0.15) is 17.2 Å². The molecule has 0 bridgehead atoms. The van der Waals surface area contributed by atoms with Crippen molar-refractivity contribution >= 4 is 0 Å². The Morgan fingerprint density at radius 3 is 2.71 bits per heavy atom. The zero-order chi connectivity index (χ0) is 19.3. The molecule has 146 valence electrons. The zero-order valence-corrected chi connectivity index (χ0v) is 16.0. The predicted octanol–water partition coefficient (Wildman–Crippen LogP) is 2.92. The van der Waals surface area contributed by atoms with Gasteiger partial charge >= 0.3 is 0 Å². The van der Waals surface area contributed by atoms with Crippen LogP contribution in [0.5, 0.6) is 11.5 Å². The summed E-state index contributed by atoms with van der Waals surface area (Å²) >= 11 is 0. The molecule has 1 aliphatic heterocycles. The summed E-state index contributed by atoms with van der Waals surface area (Å²) in [5.74, 6) is 3.19. The molecular weight excluding hydrogens is 358 g/mol. The van der Waals surface area contributed by atoms with Gasteiger partial charge in [0.05, 0.1) is 20.4 Å². The Bertz CT molecular complexity index is 907. The van der Waals surface area contributed by atoms with E-state index in [1.165, 1.54) is 0 Å². The lowest BCUT2D eigenvalue weighted by atomic mass is 9.95. The first-order valence-corrected chi connectivity index (χ1v) is 9.30. The van der Waals surface area contributed by atoms with E-state index in [0.717, 1.165) is 55.4 Å². The van der Waals surface area contributed by atoms with Crippen molar-refractivity contribution in [3.8, 4) is 23.1 Å². The van der Waals surface area contributed by atoms with Crippen molar-refractivity contribution in [3.05, 3.63) is 48.2 Å². The Balaban J connectivity index is 1.38. The minimum absolute atomic E-state index is 0.289. The van der Waals surface area contributed by atoms with Crippen molar-refractivity contribution < 1.29 is 14.0 Å². The molecule has 28 heavy (non-hydrogen) atoms. The minimum atomic E-state index is 0.289. The summed E-state index contributed by atoms with van der Waals surface area (Å²) in [6.45, 7) is 2.74. The van der Waals surface area contributed by atoms with Crippen LogP contribution in [0, 0.1) is 0 Å². The van der Waals surface area contributed by atoms with Gasteiger partial charge in [-0.25, -0.2) is 4.98 Å². The van der Waals surface area contributed by atoms with Crippen molar-refractivity contribution in [1.29, 1.82) is 0 Å². The average Bonchev–Trinajstić information content (AvgIpc) is 3.25. The number of aromatic nitrogens is 4. The summed E-state index contributed by atoms with van der Waals surface area (Å²) in [5.41, 5.74) is 1.73. The Morgan fingerprint density at radius 1 is 1.14 bits per heavy atom. The lowest BCUT2D eigenvalue weighted by Crippen LogP contribution is -2.32. The second kappa shape index (κ2) is 8.35. The lowest BCUT2D eigenvalue weighted by molar-refractivity contribution is 0.198. The van der Waals surface area contributed by atoms with E-state index in [1.54, 1.807) is 32.8 Å². The molecule has 0 N–H and O–H groups in total. The summed E-state index contributed by atoms with van der Waals surface area (Å²) in [6, 6.07) is 5.91. The van der Waals surface area contributed by atoms with Crippen LogP contribution in [0.3, 0.4) is 0 Å². The third-order valence-electron chi connectivity index (χ3n) is 5.06. The summed E-state index contributed by atoms with van der Waals surface area (Å²) in [6.07, 6.45) is 6.82. The maximum absolute atomic E-state index is 5.50. The highest BCUT2D eigenvalue weighted by Gasteiger charge is 2.25. The highest BCUT2D eigenvalue weighted by Crippen LogP contribution is 2.30. The number of likely N-dealkylation sites (tertiary alicyclic amines) is 1. The molecule has 1 aromatic carbocycles. The summed E-state index contributed by atoms with van der Waals surface area (Å²) in [7, 11) is 3.37. The van der Waals surface area contributed by atoms with Crippen molar-refractivity contribution in [2.45, 2.75) is 25.3 Å². The Labute approximate surface area is 163 Å². The number of methoxy groups -OCH3 is 2. The second-order valence-electron chi connectivity index (χ2n) is 6.78. The van der Waals surface area contributed by atoms with Crippen LogP contribution in [0.1, 0.15) is 30.1 Å². The molecule has 0 unspecified atom stereocenters. The van der Waals surface area contributed by atoms with Crippen LogP contribution in [-0.2, 0) is 6.54 Å². The van der Waals surface area contributed by atoms with Gasteiger partial charge in [-0.3, -0.25) is 9.88 Å². The van der Waals surface area contributed by atoms with Gasteiger partial charge in [-0.1, -0.05) is 5.16 Å². The molecule has 1 saturated heterocycles. The molecule has 0 atom stereocenters. The molecule has 1 aliphatic rings. The summed E-state index contributed by atoms with van der Waals surface area (Å²) < 4.78 is 16.2. The second-order valence-corrected chi connectivity index (χ2v) is 6.78. The number of nitrogens with zero attached hydrogens (tertiary/aromatic N) is 5. The van der Waals surface area contributed by atoms with Gasteiger partial charge < -0.3 is 14.0 Å². The first kappa shape index (κ1) is 18.4. The van der Waals surface area contributed by atoms with Gasteiger partial charge in [-0.15, -0.1) is 0 Å². The van der Waals surface area contributed by atoms with Crippen molar-refractivity contribution in [2.75, 3.05) is 27.3 Å². The van der Waals surface area contributed by atoms with Gasteiger partial charge in [0, 0.05) is 30.4 Å². The normalized spacial score (nSPS) is 15.5. The van der Waals surface area contributed by atoms with Crippen LogP contribution < -0.4 is 9.47 Å². The Hall–Kier alpha value is -3.00. The van der Waals surface area contributed by atoms with Crippen molar-refractivity contribution in [1.82, 2.24) is 25.0 Å². The molecular formula is C20H23N5O3. The van der Waals surface area contributed by atoms with E-state index in [9.17, 15) is 0 Å². The first-order chi connectivity index (χ1) is 13.8. The molecule has 3 aromatic rings. The van der Waals surface area contributed by atoms with E-state index in [-0.39, 0.29) is 5.92 Å². The highest BCUT2D eigenvalue weighted by molar-refractivity contribution is 5.43. The number of rotatable bonds is 6. The molecule has 2 aromatic heterocycles. The Morgan fingerprint density at radius 2 is 2.00 bits per heavy atom. The van der Waals surface area contributed by atoms with Crippen molar-refractivity contribution in [2.24, 2.45) is 0 Å². The number of hydrogen-bond acceptors (Lipinski definition) is 8. The van der Waals surface area contributed by atoms with E-state index in [2.05, 4.69) is 25.0 Å². The van der Waals surface area contributed by atoms with E-state index in [4.69, 9.17) is 14.0 Å². The van der Waals surface area contributed by atoms with Crippen molar-refractivity contribution in [3.63, 3.8) is 0 Å². The zero-order valence-electron chi connectivity index (χ0n) is 16.0. The SMILES string of the molecule is COc1ccc(OC)c(CN2CCC(c3noc(-c4cnccn4)n3)CC2)c1. The number of ether oxygens (including phenoxy) is 2. The number of hydrogen-bond donors (Lipinski definition) is 0. The molecule has 1 fully saturated rings. The largest absolute Gasteiger partial charge is 0.497 e. The fraction of sp³-hybridized carbons (Fsp3) is 0.400. The van der Waals surface area contributed by atoms with Crippen LogP contribution >= 0.6 is 0 Å². The third kappa shape index (κ3) is 3.96. The van der Waals surface area contributed by atoms with Gasteiger partial charge in [0.2, 0.25) is 0 Å². The molecule has 0 spiro atoms. The number of benzene rings is 1. The number of piperidine rings is 1. The van der Waals surface area contributed by atoms with E-state index >= 15 is 0 Å². The molecule has 0 aliphatic carbocycles. The molecule has 0 radical (unpaired) electrons. The molecule has 0 amide bonds. The molecule has 3 heterocycles. The summed E-state index contributed by atoms with van der Waals surface area (Å²) in [5, 5.41) is 4.17. The van der Waals surface area contributed by atoms with Gasteiger partial charge in [0.25, 0.3) is 5.89 Å². The fourth-order valence-electron chi connectivity index (χ4n) is 3.51. The molecule has 8 nitrogen and oxygen atoms in total. The predicted molar refractivity (Wildman–Crippen MR) is 102 cm³/mol. The first-order valence-electron chi connectivity index (χ1n) is 9.30. The van der Waals surface area contributed by atoms with Gasteiger partial charge in [-0.2, -0.15) is 4.98 Å². The highest BCUT2D eigenvalue weighted by atomic mass is 16.5. The quantitative estimate of drug-likeness (QED) is 0.644.